The number of fused-ring (bicyclic) bond motifs is 2. The number of nitrogens with one attached hydrogen (secondary N) is 1. The second kappa shape index (κ2) is 7.24. The minimum atomic E-state index is -0.506. The van der Waals surface area contributed by atoms with Gasteiger partial charge in [-0.3, -0.25) is 9.59 Å². The molecular weight excluding hydrogens is 392 g/mol. The normalized spacial score (nSPS) is 24.3. The summed E-state index contributed by atoms with van der Waals surface area (Å²) in [7, 11) is 0. The Morgan fingerprint density at radius 2 is 2.19 bits per heavy atom. The number of aliphatic hydroxyl groups excluding tert-OH is 1. The summed E-state index contributed by atoms with van der Waals surface area (Å²) in [5.41, 5.74) is 1.41. The number of hydrogen-bond acceptors (Lipinski definition) is 9. The van der Waals surface area contributed by atoms with E-state index < -0.39 is 12.4 Å². The van der Waals surface area contributed by atoms with Crippen LogP contribution in [-0.2, 0) is 14.3 Å². The molecule has 0 spiro atoms. The summed E-state index contributed by atoms with van der Waals surface area (Å²) in [6.45, 7) is 3.81. The molecule has 0 aromatic carbocycles. The van der Waals surface area contributed by atoms with Crippen LogP contribution >= 0.6 is 22.7 Å². The van der Waals surface area contributed by atoms with Gasteiger partial charge in [-0.15, -0.1) is 11.3 Å². The van der Waals surface area contributed by atoms with Crippen molar-refractivity contribution in [1.29, 1.82) is 0 Å². The molecule has 2 fully saturated rings. The van der Waals surface area contributed by atoms with Gasteiger partial charge < -0.3 is 24.8 Å². The van der Waals surface area contributed by atoms with Crippen LogP contribution in [0.2, 0.25) is 0 Å². The minimum Gasteiger partial charge on any atom is -0.394 e. The number of ether oxygens (including phenoxy) is 2. The van der Waals surface area contributed by atoms with Gasteiger partial charge in [0.25, 0.3) is 5.91 Å². The van der Waals surface area contributed by atoms with E-state index in [2.05, 4.69) is 15.3 Å². The van der Waals surface area contributed by atoms with Crippen molar-refractivity contribution in [2.24, 2.45) is 0 Å². The Balaban J connectivity index is 1.50. The van der Waals surface area contributed by atoms with Crippen LogP contribution in [0.1, 0.15) is 22.4 Å². The van der Waals surface area contributed by atoms with Crippen LogP contribution in [-0.4, -0.2) is 70.0 Å². The largest absolute Gasteiger partial charge is 0.394 e. The quantitative estimate of drug-likeness (QED) is 0.776. The predicted octanol–water partition coefficient (Wildman–Crippen LogP) is 1.09. The summed E-state index contributed by atoms with van der Waals surface area (Å²) >= 11 is 2.59. The molecule has 11 heteroatoms. The first-order chi connectivity index (χ1) is 12.9. The van der Waals surface area contributed by atoms with Crippen molar-refractivity contribution in [3.8, 4) is 10.6 Å². The van der Waals surface area contributed by atoms with Gasteiger partial charge in [-0.1, -0.05) is 11.3 Å². The van der Waals surface area contributed by atoms with Gasteiger partial charge in [0.05, 0.1) is 36.0 Å². The highest BCUT2D eigenvalue weighted by atomic mass is 32.1. The Labute approximate surface area is 163 Å². The second-order valence-corrected chi connectivity index (χ2v) is 8.18. The highest BCUT2D eigenvalue weighted by Crippen LogP contribution is 2.34. The van der Waals surface area contributed by atoms with Crippen LogP contribution in [0.25, 0.3) is 10.6 Å². The van der Waals surface area contributed by atoms with Gasteiger partial charge >= 0.3 is 0 Å². The number of carbonyl (C=O) groups excluding carboxylic acids is 2. The molecule has 2 saturated heterocycles. The maximum atomic E-state index is 12.8. The van der Waals surface area contributed by atoms with Gasteiger partial charge in [0.1, 0.15) is 12.2 Å². The van der Waals surface area contributed by atoms with Crippen LogP contribution in [0.3, 0.4) is 0 Å². The molecule has 0 radical (unpaired) electrons. The van der Waals surface area contributed by atoms with E-state index in [4.69, 9.17) is 9.47 Å². The van der Waals surface area contributed by atoms with Crippen LogP contribution < -0.4 is 5.32 Å². The third-order valence-electron chi connectivity index (χ3n) is 4.30. The molecule has 144 valence electrons. The average Bonchev–Trinajstić information content (AvgIpc) is 3.31. The number of amides is 2. The van der Waals surface area contributed by atoms with Crippen molar-refractivity contribution in [1.82, 2.24) is 14.9 Å². The fraction of sp³-hybridized carbons (Fsp3) is 0.500. The van der Waals surface area contributed by atoms with E-state index in [0.29, 0.717) is 28.9 Å². The highest BCUT2D eigenvalue weighted by molar-refractivity contribution is 7.19. The maximum Gasteiger partial charge on any atom is 0.283 e. The summed E-state index contributed by atoms with van der Waals surface area (Å²) in [4.78, 5) is 35.3. The summed E-state index contributed by atoms with van der Waals surface area (Å²) in [5.74, 6) is -0.370. The van der Waals surface area contributed by atoms with E-state index in [0.717, 1.165) is 10.6 Å². The van der Waals surface area contributed by atoms with Crippen molar-refractivity contribution in [3.05, 3.63) is 16.1 Å². The molecule has 2 N–H and O–H groups in total. The number of hydrogen-bond donors (Lipinski definition) is 2. The second-order valence-electron chi connectivity index (χ2n) is 6.32. The van der Waals surface area contributed by atoms with Crippen LogP contribution in [0.15, 0.2) is 5.38 Å². The third kappa shape index (κ3) is 3.60. The third-order valence-corrected chi connectivity index (χ3v) is 6.23. The fourth-order valence-corrected chi connectivity index (χ4v) is 4.91. The molecule has 3 atom stereocenters. The number of aliphatic hydroxyl groups is 1. The van der Waals surface area contributed by atoms with Gasteiger partial charge in [0, 0.05) is 12.3 Å². The molecule has 4 rings (SSSR count). The summed E-state index contributed by atoms with van der Waals surface area (Å²) in [6.07, 6.45) is -1.22. The lowest BCUT2D eigenvalue weighted by molar-refractivity contribution is -0.114. The minimum absolute atomic E-state index is 0.133. The lowest BCUT2D eigenvalue weighted by Crippen LogP contribution is -2.47. The van der Waals surface area contributed by atoms with E-state index in [1.165, 1.54) is 29.6 Å². The first kappa shape index (κ1) is 18.4. The smallest absolute Gasteiger partial charge is 0.283 e. The number of aromatic nitrogens is 2. The van der Waals surface area contributed by atoms with Crippen LogP contribution in [0, 0.1) is 6.92 Å². The molecule has 0 saturated carbocycles. The predicted molar refractivity (Wildman–Crippen MR) is 98.8 cm³/mol. The topological polar surface area (TPSA) is 114 Å². The lowest BCUT2D eigenvalue weighted by atomic mass is 10.2. The average molecular weight is 410 g/mol. The first-order valence-electron chi connectivity index (χ1n) is 8.36. The number of aryl methyl sites for hydroxylation is 1. The van der Waals surface area contributed by atoms with Crippen molar-refractivity contribution >= 4 is 39.6 Å². The molecule has 0 aliphatic carbocycles. The molecule has 2 bridgehead atoms. The molecule has 2 amide bonds. The first-order valence-corrected chi connectivity index (χ1v) is 10.1. The molecular formula is C16H18N4O5S2. The van der Waals surface area contributed by atoms with Gasteiger partial charge in [0.15, 0.2) is 16.4 Å². The Morgan fingerprint density at radius 3 is 2.93 bits per heavy atom. The number of anilines is 1. The number of carbonyl (C=O) groups is 2. The number of thiazole rings is 2. The Hall–Kier alpha value is -1.92. The number of nitrogens with zero attached hydrogens (tertiary/aromatic N) is 3. The van der Waals surface area contributed by atoms with E-state index in [1.54, 1.807) is 4.90 Å². The Kier molecular flexibility index (Phi) is 4.95. The summed E-state index contributed by atoms with van der Waals surface area (Å²) in [5, 5.41) is 14.7. The molecule has 4 heterocycles. The molecule has 0 unspecified atom stereocenters. The van der Waals surface area contributed by atoms with Gasteiger partial charge in [0.2, 0.25) is 5.91 Å². The number of rotatable bonds is 4. The molecule has 2 aromatic heterocycles. The van der Waals surface area contributed by atoms with Gasteiger partial charge in [-0.25, -0.2) is 9.97 Å². The van der Waals surface area contributed by atoms with E-state index in [9.17, 15) is 14.7 Å². The molecule has 2 aromatic rings. The van der Waals surface area contributed by atoms with Crippen LogP contribution in [0.5, 0.6) is 0 Å². The zero-order valence-corrected chi connectivity index (χ0v) is 16.3. The molecule has 9 nitrogen and oxygen atoms in total. The fourth-order valence-electron chi connectivity index (χ4n) is 3.09. The van der Waals surface area contributed by atoms with Gasteiger partial charge in [-0.05, 0) is 6.92 Å². The summed E-state index contributed by atoms with van der Waals surface area (Å²) < 4.78 is 11.2. The number of morpholine rings is 1. The Bertz CT molecular complexity index is 882. The van der Waals surface area contributed by atoms with Gasteiger partial charge in [-0.2, -0.15) is 0 Å². The molecule has 2 aliphatic rings. The molecule has 27 heavy (non-hydrogen) atoms. The van der Waals surface area contributed by atoms with Crippen molar-refractivity contribution in [2.45, 2.75) is 32.3 Å². The monoisotopic (exact) mass is 410 g/mol. The van der Waals surface area contributed by atoms with Crippen molar-refractivity contribution in [2.75, 3.05) is 25.0 Å². The highest BCUT2D eigenvalue weighted by Gasteiger charge is 2.43. The van der Waals surface area contributed by atoms with E-state index in [-0.39, 0.29) is 24.5 Å². The SMILES string of the molecule is CC(=O)Nc1nc(C)c(-c2csc(C(=O)N3C[C@H]4O[C@@H](C3)[C@@H](CO)O4)n2)s1. The standard InChI is InChI=1S/C16H18N4O5S2/c1-7-13(27-16(17-7)18-8(2)22)9-6-26-14(19-9)15(23)20-3-10-11(5-21)25-12(4-20)24-10/h6,10-12,21H,3-5H2,1-2H3,(H,17,18,22)/t10-,11+,12-/m0/s1. The summed E-state index contributed by atoms with van der Waals surface area (Å²) in [6, 6.07) is 0. The van der Waals surface area contributed by atoms with Crippen molar-refractivity contribution < 1.29 is 24.2 Å². The maximum absolute atomic E-state index is 12.8. The zero-order valence-electron chi connectivity index (χ0n) is 14.7. The lowest BCUT2D eigenvalue weighted by Gasteiger charge is -2.30. The van der Waals surface area contributed by atoms with E-state index in [1.807, 2.05) is 12.3 Å². The van der Waals surface area contributed by atoms with Crippen LogP contribution in [0.4, 0.5) is 5.13 Å². The zero-order chi connectivity index (χ0) is 19.1. The van der Waals surface area contributed by atoms with E-state index >= 15 is 0 Å². The molecule has 2 aliphatic heterocycles. The Morgan fingerprint density at radius 1 is 1.37 bits per heavy atom. The van der Waals surface area contributed by atoms with Crippen molar-refractivity contribution in [3.63, 3.8) is 0 Å².